The van der Waals surface area contributed by atoms with Crippen molar-refractivity contribution in [2.75, 3.05) is 39.9 Å². The van der Waals surface area contributed by atoms with Gasteiger partial charge in [0.1, 0.15) is 5.60 Å². The Kier molecular flexibility index (Phi) is 6.45. The molecule has 2 rings (SSSR count). The zero-order chi connectivity index (χ0) is 15.1. The fourth-order valence-electron chi connectivity index (χ4n) is 3.34. The van der Waals surface area contributed by atoms with E-state index >= 15 is 0 Å². The molecular weight excluding hydrogens is 268 g/mol. The van der Waals surface area contributed by atoms with Gasteiger partial charge >= 0.3 is 0 Å². The number of likely N-dealkylation sites (tertiary alicyclic amines) is 1. The predicted octanol–water partition coefficient (Wildman–Crippen LogP) is 1.56. The Morgan fingerprint density at radius 3 is 2.71 bits per heavy atom. The zero-order valence-electron chi connectivity index (χ0n) is 13.5. The van der Waals surface area contributed by atoms with Crippen LogP contribution in [0.3, 0.4) is 0 Å². The SMILES string of the molecule is CCCOC1CCCN(C(=O)C2(OC)CCNCC2)CC1. The van der Waals surface area contributed by atoms with Crippen molar-refractivity contribution in [2.45, 2.75) is 57.2 Å². The van der Waals surface area contributed by atoms with Crippen molar-refractivity contribution in [3.8, 4) is 0 Å². The van der Waals surface area contributed by atoms with Crippen LogP contribution in [0.2, 0.25) is 0 Å². The highest BCUT2D eigenvalue weighted by Crippen LogP contribution is 2.27. The summed E-state index contributed by atoms with van der Waals surface area (Å²) in [7, 11) is 1.67. The lowest BCUT2D eigenvalue weighted by molar-refractivity contribution is -0.158. The fourth-order valence-corrected chi connectivity index (χ4v) is 3.34. The number of carbonyl (C=O) groups excluding carboxylic acids is 1. The summed E-state index contributed by atoms with van der Waals surface area (Å²) in [6.45, 7) is 6.30. The van der Waals surface area contributed by atoms with E-state index in [2.05, 4.69) is 12.2 Å². The summed E-state index contributed by atoms with van der Waals surface area (Å²) >= 11 is 0. The molecule has 0 aromatic heterocycles. The third-order valence-corrected chi connectivity index (χ3v) is 4.71. The van der Waals surface area contributed by atoms with Crippen LogP contribution in [-0.4, -0.2) is 62.4 Å². The number of nitrogens with zero attached hydrogens (tertiary/aromatic N) is 1. The topological polar surface area (TPSA) is 50.8 Å². The summed E-state index contributed by atoms with van der Waals surface area (Å²) in [5.74, 6) is 0.183. The minimum atomic E-state index is -0.602. The van der Waals surface area contributed by atoms with Gasteiger partial charge in [-0.05, 0) is 51.6 Å². The normalized spacial score (nSPS) is 26.4. The average molecular weight is 298 g/mol. The van der Waals surface area contributed by atoms with Crippen LogP contribution in [0, 0.1) is 0 Å². The molecule has 0 radical (unpaired) electrons. The Hall–Kier alpha value is -0.650. The Balaban J connectivity index is 1.92. The summed E-state index contributed by atoms with van der Waals surface area (Å²) in [5.41, 5.74) is -0.602. The minimum absolute atomic E-state index is 0.183. The molecule has 0 spiro atoms. The second kappa shape index (κ2) is 8.11. The van der Waals surface area contributed by atoms with Crippen molar-refractivity contribution in [1.82, 2.24) is 10.2 Å². The molecule has 0 bridgehead atoms. The molecule has 0 aromatic rings. The van der Waals surface area contributed by atoms with Gasteiger partial charge in [0, 0.05) is 26.8 Å². The van der Waals surface area contributed by atoms with E-state index < -0.39 is 5.60 Å². The monoisotopic (exact) mass is 298 g/mol. The molecule has 2 aliphatic heterocycles. The summed E-state index contributed by atoms with van der Waals surface area (Å²) in [5, 5.41) is 3.30. The van der Waals surface area contributed by atoms with Gasteiger partial charge in [0.15, 0.2) is 0 Å². The van der Waals surface area contributed by atoms with Crippen LogP contribution >= 0.6 is 0 Å². The quantitative estimate of drug-likeness (QED) is 0.837. The molecular formula is C16H30N2O3. The van der Waals surface area contributed by atoms with E-state index in [0.717, 1.165) is 71.3 Å². The van der Waals surface area contributed by atoms with Gasteiger partial charge in [0.05, 0.1) is 6.10 Å². The first-order valence-electron chi connectivity index (χ1n) is 8.38. The smallest absolute Gasteiger partial charge is 0.254 e. The first kappa shape index (κ1) is 16.7. The zero-order valence-corrected chi connectivity index (χ0v) is 13.5. The Morgan fingerprint density at radius 2 is 2.05 bits per heavy atom. The molecule has 2 heterocycles. The van der Waals surface area contributed by atoms with Crippen LogP contribution in [0.25, 0.3) is 0 Å². The first-order chi connectivity index (χ1) is 10.2. The van der Waals surface area contributed by atoms with Gasteiger partial charge < -0.3 is 19.7 Å². The third kappa shape index (κ3) is 4.18. The maximum atomic E-state index is 12.9. The summed E-state index contributed by atoms with van der Waals surface area (Å²) < 4.78 is 11.5. The van der Waals surface area contributed by atoms with Gasteiger partial charge in [-0.15, -0.1) is 0 Å². The highest BCUT2D eigenvalue weighted by molar-refractivity contribution is 5.85. The van der Waals surface area contributed by atoms with E-state index in [1.165, 1.54) is 0 Å². The minimum Gasteiger partial charge on any atom is -0.378 e. The maximum absolute atomic E-state index is 12.9. The molecule has 2 fully saturated rings. The molecule has 5 heteroatoms. The van der Waals surface area contributed by atoms with Crippen LogP contribution in [0.5, 0.6) is 0 Å². The van der Waals surface area contributed by atoms with Crippen molar-refractivity contribution in [2.24, 2.45) is 0 Å². The summed E-state index contributed by atoms with van der Waals surface area (Å²) in [6.07, 6.45) is 5.95. The molecule has 1 amide bonds. The molecule has 5 nitrogen and oxygen atoms in total. The highest BCUT2D eigenvalue weighted by atomic mass is 16.5. The molecule has 0 saturated carbocycles. The number of rotatable bonds is 5. The predicted molar refractivity (Wildman–Crippen MR) is 82.3 cm³/mol. The molecule has 2 saturated heterocycles. The van der Waals surface area contributed by atoms with Gasteiger partial charge in [0.2, 0.25) is 0 Å². The van der Waals surface area contributed by atoms with E-state index in [1.807, 2.05) is 4.90 Å². The summed E-state index contributed by atoms with van der Waals surface area (Å²) in [4.78, 5) is 14.9. The van der Waals surface area contributed by atoms with Gasteiger partial charge in [-0.3, -0.25) is 4.79 Å². The molecule has 2 aliphatic rings. The Bertz CT molecular complexity index is 329. The van der Waals surface area contributed by atoms with E-state index in [-0.39, 0.29) is 5.91 Å². The van der Waals surface area contributed by atoms with Crippen molar-refractivity contribution < 1.29 is 14.3 Å². The lowest BCUT2D eigenvalue weighted by atomic mass is 9.90. The number of carbonyl (C=O) groups is 1. The molecule has 1 unspecified atom stereocenters. The van der Waals surface area contributed by atoms with Crippen LogP contribution < -0.4 is 5.32 Å². The van der Waals surface area contributed by atoms with Crippen LogP contribution in [0.15, 0.2) is 0 Å². The van der Waals surface area contributed by atoms with Crippen molar-refractivity contribution >= 4 is 5.91 Å². The van der Waals surface area contributed by atoms with Crippen molar-refractivity contribution in [1.29, 1.82) is 0 Å². The van der Waals surface area contributed by atoms with E-state index in [4.69, 9.17) is 9.47 Å². The largest absolute Gasteiger partial charge is 0.378 e. The second-order valence-electron chi connectivity index (χ2n) is 6.16. The van der Waals surface area contributed by atoms with E-state index in [1.54, 1.807) is 7.11 Å². The standard InChI is InChI=1S/C16H30N2O3/c1-3-13-21-14-5-4-11-18(12-6-14)15(19)16(20-2)7-9-17-10-8-16/h14,17H,3-13H2,1-2H3. The molecule has 21 heavy (non-hydrogen) atoms. The van der Waals surface area contributed by atoms with Gasteiger partial charge in [0.25, 0.3) is 5.91 Å². The third-order valence-electron chi connectivity index (χ3n) is 4.71. The second-order valence-corrected chi connectivity index (χ2v) is 6.16. The van der Waals surface area contributed by atoms with Crippen LogP contribution in [0.4, 0.5) is 0 Å². The number of piperidine rings is 1. The molecule has 0 aliphatic carbocycles. The molecule has 0 aromatic carbocycles. The lowest BCUT2D eigenvalue weighted by Gasteiger charge is -2.38. The number of methoxy groups -OCH3 is 1. The number of nitrogens with one attached hydrogen (secondary N) is 1. The number of ether oxygens (including phenoxy) is 2. The lowest BCUT2D eigenvalue weighted by Crippen LogP contribution is -2.55. The van der Waals surface area contributed by atoms with Crippen molar-refractivity contribution in [3.63, 3.8) is 0 Å². The number of hydrogen-bond acceptors (Lipinski definition) is 4. The Morgan fingerprint density at radius 1 is 1.29 bits per heavy atom. The van der Waals surface area contributed by atoms with Crippen molar-refractivity contribution in [3.05, 3.63) is 0 Å². The summed E-state index contributed by atoms with van der Waals surface area (Å²) in [6, 6.07) is 0. The van der Waals surface area contributed by atoms with Gasteiger partial charge in [-0.1, -0.05) is 6.92 Å². The number of amides is 1. The number of hydrogen-bond donors (Lipinski definition) is 1. The average Bonchev–Trinajstić information content (AvgIpc) is 2.78. The fraction of sp³-hybridized carbons (Fsp3) is 0.938. The van der Waals surface area contributed by atoms with E-state index in [0.29, 0.717) is 6.10 Å². The Labute approximate surface area is 128 Å². The van der Waals surface area contributed by atoms with Gasteiger partial charge in [-0.25, -0.2) is 0 Å². The first-order valence-corrected chi connectivity index (χ1v) is 8.38. The molecule has 122 valence electrons. The highest BCUT2D eigenvalue weighted by Gasteiger charge is 2.42. The van der Waals surface area contributed by atoms with Crippen LogP contribution in [-0.2, 0) is 14.3 Å². The van der Waals surface area contributed by atoms with Crippen LogP contribution in [0.1, 0.15) is 45.4 Å². The van der Waals surface area contributed by atoms with E-state index in [9.17, 15) is 4.79 Å². The molecule has 1 atom stereocenters. The van der Waals surface area contributed by atoms with Gasteiger partial charge in [-0.2, -0.15) is 0 Å². The molecule has 1 N–H and O–H groups in total. The maximum Gasteiger partial charge on any atom is 0.254 e.